The van der Waals surface area contributed by atoms with Gasteiger partial charge in [0.15, 0.2) is 0 Å². The SMILES string of the molecule is NC(=O)c1cccc(C[C@@H]2CCN(C(=O)CCc3cccc(F)c3)C2)c1. The molecule has 0 bridgehead atoms. The van der Waals surface area contributed by atoms with Crippen molar-refractivity contribution in [2.75, 3.05) is 13.1 Å². The summed E-state index contributed by atoms with van der Waals surface area (Å²) in [5.74, 6) is -0.194. The Hall–Kier alpha value is -2.69. The maximum atomic E-state index is 13.2. The zero-order valence-corrected chi connectivity index (χ0v) is 14.7. The smallest absolute Gasteiger partial charge is 0.248 e. The molecule has 1 saturated heterocycles. The Balaban J connectivity index is 1.51. The van der Waals surface area contributed by atoms with Crippen molar-refractivity contribution >= 4 is 11.8 Å². The monoisotopic (exact) mass is 354 g/mol. The van der Waals surface area contributed by atoms with E-state index in [2.05, 4.69) is 0 Å². The number of amides is 2. The minimum atomic E-state index is -0.424. The van der Waals surface area contributed by atoms with Gasteiger partial charge in [-0.1, -0.05) is 24.3 Å². The predicted molar refractivity (Wildman–Crippen MR) is 98.1 cm³/mol. The van der Waals surface area contributed by atoms with E-state index in [0.29, 0.717) is 24.3 Å². The van der Waals surface area contributed by atoms with Gasteiger partial charge in [0.1, 0.15) is 5.82 Å². The van der Waals surface area contributed by atoms with Gasteiger partial charge < -0.3 is 10.6 Å². The molecule has 3 rings (SSSR count). The highest BCUT2D eigenvalue weighted by Gasteiger charge is 2.26. The molecule has 4 nitrogen and oxygen atoms in total. The van der Waals surface area contributed by atoms with Crippen LogP contribution in [0.2, 0.25) is 0 Å². The number of halogens is 1. The summed E-state index contributed by atoms with van der Waals surface area (Å²) >= 11 is 0. The first-order valence-electron chi connectivity index (χ1n) is 8.92. The fourth-order valence-corrected chi connectivity index (χ4v) is 3.51. The number of rotatable bonds is 6. The van der Waals surface area contributed by atoms with Crippen molar-refractivity contribution in [1.29, 1.82) is 0 Å². The van der Waals surface area contributed by atoms with E-state index in [1.807, 2.05) is 29.2 Å². The van der Waals surface area contributed by atoms with Crippen LogP contribution >= 0.6 is 0 Å². The summed E-state index contributed by atoms with van der Waals surface area (Å²) in [6.07, 6.45) is 2.73. The molecule has 2 amide bonds. The van der Waals surface area contributed by atoms with Gasteiger partial charge >= 0.3 is 0 Å². The number of primary amides is 1. The van der Waals surface area contributed by atoms with Crippen LogP contribution in [0.25, 0.3) is 0 Å². The molecule has 2 aromatic rings. The fraction of sp³-hybridized carbons (Fsp3) is 0.333. The molecule has 0 saturated carbocycles. The average Bonchev–Trinajstić information content (AvgIpc) is 3.08. The molecule has 1 heterocycles. The number of carbonyl (C=O) groups excluding carboxylic acids is 2. The van der Waals surface area contributed by atoms with Crippen molar-refractivity contribution in [2.45, 2.75) is 25.7 Å². The third kappa shape index (κ3) is 4.69. The molecular formula is C21H23FN2O2. The quantitative estimate of drug-likeness (QED) is 0.867. The number of carbonyl (C=O) groups is 2. The van der Waals surface area contributed by atoms with E-state index in [1.54, 1.807) is 12.1 Å². The van der Waals surface area contributed by atoms with E-state index in [0.717, 1.165) is 37.1 Å². The molecule has 2 aromatic carbocycles. The number of nitrogens with zero attached hydrogens (tertiary/aromatic N) is 1. The van der Waals surface area contributed by atoms with Gasteiger partial charge in [-0.3, -0.25) is 9.59 Å². The maximum Gasteiger partial charge on any atom is 0.248 e. The number of aryl methyl sites for hydroxylation is 1. The van der Waals surface area contributed by atoms with Crippen LogP contribution in [0.4, 0.5) is 4.39 Å². The molecule has 1 aliphatic rings. The van der Waals surface area contributed by atoms with Crippen LogP contribution in [0, 0.1) is 11.7 Å². The molecule has 0 aliphatic carbocycles. The number of nitrogens with two attached hydrogens (primary N) is 1. The lowest BCUT2D eigenvalue weighted by atomic mass is 9.97. The van der Waals surface area contributed by atoms with Gasteiger partial charge in [0.05, 0.1) is 0 Å². The Labute approximate surface area is 152 Å². The minimum absolute atomic E-state index is 0.114. The summed E-state index contributed by atoms with van der Waals surface area (Å²) in [6.45, 7) is 1.48. The highest BCUT2D eigenvalue weighted by atomic mass is 19.1. The number of benzene rings is 2. The van der Waals surface area contributed by atoms with Gasteiger partial charge in [-0.05, 0) is 60.6 Å². The second kappa shape index (κ2) is 8.13. The van der Waals surface area contributed by atoms with Gasteiger partial charge in [-0.2, -0.15) is 0 Å². The number of hydrogen-bond acceptors (Lipinski definition) is 2. The Morgan fingerprint density at radius 3 is 2.65 bits per heavy atom. The van der Waals surface area contributed by atoms with Gasteiger partial charge in [0, 0.05) is 25.1 Å². The van der Waals surface area contributed by atoms with Crippen molar-refractivity contribution in [3.05, 3.63) is 71.0 Å². The molecule has 0 unspecified atom stereocenters. The van der Waals surface area contributed by atoms with Crippen LogP contribution in [-0.2, 0) is 17.6 Å². The second-order valence-electron chi connectivity index (χ2n) is 6.89. The van der Waals surface area contributed by atoms with Gasteiger partial charge in [0.25, 0.3) is 0 Å². The standard InChI is InChI=1S/C21H23FN2O2/c22-19-6-2-3-15(13-19)7-8-20(25)24-10-9-17(14-24)11-16-4-1-5-18(12-16)21(23)26/h1-6,12-13,17H,7-11,14H2,(H2,23,26)/t17-/m0/s1. The number of hydrogen-bond donors (Lipinski definition) is 1. The summed E-state index contributed by atoms with van der Waals surface area (Å²) in [6, 6.07) is 13.8. The first-order chi connectivity index (χ1) is 12.5. The Bertz CT molecular complexity index is 806. The summed E-state index contributed by atoms with van der Waals surface area (Å²) in [7, 11) is 0. The Morgan fingerprint density at radius 2 is 1.88 bits per heavy atom. The van der Waals surface area contributed by atoms with Crippen LogP contribution in [0.15, 0.2) is 48.5 Å². The number of likely N-dealkylation sites (tertiary alicyclic amines) is 1. The molecular weight excluding hydrogens is 331 g/mol. The van der Waals surface area contributed by atoms with Crippen molar-refractivity contribution in [3.8, 4) is 0 Å². The molecule has 5 heteroatoms. The lowest BCUT2D eigenvalue weighted by molar-refractivity contribution is -0.130. The van der Waals surface area contributed by atoms with E-state index in [9.17, 15) is 14.0 Å². The average molecular weight is 354 g/mol. The van der Waals surface area contributed by atoms with Crippen molar-refractivity contribution in [1.82, 2.24) is 4.90 Å². The first-order valence-corrected chi connectivity index (χ1v) is 8.92. The van der Waals surface area contributed by atoms with Crippen LogP contribution in [0.1, 0.15) is 34.3 Å². The van der Waals surface area contributed by atoms with Crippen molar-refractivity contribution in [3.63, 3.8) is 0 Å². The molecule has 1 fully saturated rings. The molecule has 0 radical (unpaired) electrons. The molecule has 2 N–H and O–H groups in total. The van der Waals surface area contributed by atoms with Crippen molar-refractivity contribution in [2.24, 2.45) is 11.7 Å². The molecule has 0 spiro atoms. The highest BCUT2D eigenvalue weighted by Crippen LogP contribution is 2.22. The summed E-state index contributed by atoms with van der Waals surface area (Å²) in [4.78, 5) is 25.6. The van der Waals surface area contributed by atoms with E-state index in [-0.39, 0.29) is 11.7 Å². The largest absolute Gasteiger partial charge is 0.366 e. The predicted octanol–water partition coefficient (Wildman–Crippen LogP) is 2.95. The lowest BCUT2D eigenvalue weighted by Crippen LogP contribution is -2.29. The fourth-order valence-electron chi connectivity index (χ4n) is 3.51. The summed E-state index contributed by atoms with van der Waals surface area (Å²) in [5, 5.41) is 0. The van der Waals surface area contributed by atoms with Gasteiger partial charge in [-0.15, -0.1) is 0 Å². The van der Waals surface area contributed by atoms with Crippen LogP contribution in [0.3, 0.4) is 0 Å². The zero-order chi connectivity index (χ0) is 18.5. The van der Waals surface area contributed by atoms with Gasteiger partial charge in [0.2, 0.25) is 11.8 Å². The molecule has 26 heavy (non-hydrogen) atoms. The van der Waals surface area contributed by atoms with Gasteiger partial charge in [-0.25, -0.2) is 4.39 Å². The third-order valence-electron chi connectivity index (χ3n) is 4.89. The summed E-state index contributed by atoms with van der Waals surface area (Å²) in [5.41, 5.74) is 7.76. The third-order valence-corrected chi connectivity index (χ3v) is 4.89. The Kier molecular flexibility index (Phi) is 5.66. The van der Waals surface area contributed by atoms with E-state index >= 15 is 0 Å². The topological polar surface area (TPSA) is 63.4 Å². The van der Waals surface area contributed by atoms with E-state index in [4.69, 9.17) is 5.73 Å². The van der Waals surface area contributed by atoms with Crippen LogP contribution in [-0.4, -0.2) is 29.8 Å². The molecule has 0 aromatic heterocycles. The summed E-state index contributed by atoms with van der Waals surface area (Å²) < 4.78 is 13.2. The van der Waals surface area contributed by atoms with Crippen LogP contribution in [0.5, 0.6) is 0 Å². The van der Waals surface area contributed by atoms with E-state index < -0.39 is 5.91 Å². The Morgan fingerprint density at radius 1 is 1.12 bits per heavy atom. The first kappa shape index (κ1) is 18.1. The molecule has 1 aliphatic heterocycles. The second-order valence-corrected chi connectivity index (χ2v) is 6.89. The van der Waals surface area contributed by atoms with Crippen LogP contribution < -0.4 is 5.73 Å². The minimum Gasteiger partial charge on any atom is -0.366 e. The normalized spacial score (nSPS) is 16.7. The maximum absolute atomic E-state index is 13.2. The van der Waals surface area contributed by atoms with Crippen molar-refractivity contribution < 1.29 is 14.0 Å². The van der Waals surface area contributed by atoms with E-state index in [1.165, 1.54) is 12.1 Å². The molecule has 136 valence electrons. The zero-order valence-electron chi connectivity index (χ0n) is 14.7. The molecule has 1 atom stereocenters. The highest BCUT2D eigenvalue weighted by molar-refractivity contribution is 5.92. The lowest BCUT2D eigenvalue weighted by Gasteiger charge is -2.17.